The number of carboxylic acid groups (broad SMARTS) is 1. The smallest absolute Gasteiger partial charge is 0.306 e. The van der Waals surface area contributed by atoms with Gasteiger partial charge in [-0.2, -0.15) is 0 Å². The fourth-order valence-corrected chi connectivity index (χ4v) is 8.27. The Balaban J connectivity index is 1.53. The lowest BCUT2D eigenvalue weighted by Gasteiger charge is -2.32. The van der Waals surface area contributed by atoms with E-state index in [1.165, 1.54) is 19.3 Å². The maximum atomic E-state index is 13.4. The third-order valence-corrected chi connectivity index (χ3v) is 10.7. The lowest BCUT2D eigenvalue weighted by atomic mass is 9.75. The molecule has 0 radical (unpaired) electrons. The predicted molar refractivity (Wildman–Crippen MR) is 165 cm³/mol. The Morgan fingerprint density at radius 2 is 1.67 bits per heavy atom. The van der Waals surface area contributed by atoms with Gasteiger partial charge in [0.25, 0.3) is 5.91 Å². The maximum Gasteiger partial charge on any atom is 0.306 e. The van der Waals surface area contributed by atoms with Crippen LogP contribution in [0.2, 0.25) is 5.15 Å². The highest BCUT2D eigenvalue weighted by molar-refractivity contribution is 7.89. The quantitative estimate of drug-likeness (QED) is 0.256. The van der Waals surface area contributed by atoms with Gasteiger partial charge in [0.15, 0.2) is 0 Å². The minimum absolute atomic E-state index is 0.137. The number of aliphatic carboxylic acids is 1. The average molecular weight is 614 g/mol. The van der Waals surface area contributed by atoms with Gasteiger partial charge < -0.3 is 15.0 Å². The van der Waals surface area contributed by atoms with Crippen molar-refractivity contribution in [3.8, 4) is 11.3 Å². The molecule has 8 nitrogen and oxygen atoms in total. The van der Waals surface area contributed by atoms with E-state index >= 15 is 0 Å². The second-order valence-electron chi connectivity index (χ2n) is 12.9. The van der Waals surface area contributed by atoms with E-state index in [9.17, 15) is 18.0 Å². The van der Waals surface area contributed by atoms with Crippen molar-refractivity contribution in [2.45, 2.75) is 82.7 Å². The van der Waals surface area contributed by atoms with Gasteiger partial charge in [0.1, 0.15) is 5.15 Å². The van der Waals surface area contributed by atoms with Gasteiger partial charge in [-0.15, -0.1) is 0 Å². The first-order valence-corrected chi connectivity index (χ1v) is 16.7. The Kier molecular flexibility index (Phi) is 8.75. The SMILES string of the molecule is CC(C)(C)NS(=O)(=O)c1ccc(-c2cc(C(=O)NCC3CC(C(=O)O)C3)c(Cl)n2CC2CCCCC2)c2ccccc12. The zero-order chi connectivity index (χ0) is 30.2. The van der Waals surface area contributed by atoms with Crippen LogP contribution in [0.5, 0.6) is 0 Å². The zero-order valence-electron chi connectivity index (χ0n) is 24.5. The zero-order valence-corrected chi connectivity index (χ0v) is 26.0. The fourth-order valence-electron chi connectivity index (χ4n) is 6.34. The van der Waals surface area contributed by atoms with Gasteiger partial charge in [0, 0.05) is 29.6 Å². The van der Waals surface area contributed by atoms with E-state index in [0.717, 1.165) is 29.5 Å². The Morgan fingerprint density at radius 3 is 2.31 bits per heavy atom. The molecule has 0 saturated heterocycles. The van der Waals surface area contributed by atoms with E-state index in [2.05, 4.69) is 10.0 Å². The molecular formula is C32H40ClN3O5S. The molecule has 0 spiro atoms. The highest BCUT2D eigenvalue weighted by atomic mass is 35.5. The number of hydrogen-bond donors (Lipinski definition) is 3. The second-order valence-corrected chi connectivity index (χ2v) is 15.0. The summed E-state index contributed by atoms with van der Waals surface area (Å²) in [6.07, 6.45) is 6.87. The maximum absolute atomic E-state index is 13.4. The molecule has 42 heavy (non-hydrogen) atoms. The van der Waals surface area contributed by atoms with Crippen LogP contribution in [0.3, 0.4) is 0 Å². The van der Waals surface area contributed by atoms with Gasteiger partial charge in [0.2, 0.25) is 10.0 Å². The van der Waals surface area contributed by atoms with Gasteiger partial charge in [-0.1, -0.05) is 61.2 Å². The highest BCUT2D eigenvalue weighted by Gasteiger charge is 2.35. The molecule has 1 amide bonds. The van der Waals surface area contributed by atoms with Crippen LogP contribution in [0.1, 0.15) is 76.1 Å². The second kappa shape index (κ2) is 12.0. The molecule has 2 fully saturated rings. The number of sulfonamides is 1. The third-order valence-electron chi connectivity index (χ3n) is 8.47. The summed E-state index contributed by atoms with van der Waals surface area (Å²) in [7, 11) is -3.80. The third kappa shape index (κ3) is 6.53. The van der Waals surface area contributed by atoms with Crippen LogP contribution in [0, 0.1) is 17.8 Å². The van der Waals surface area contributed by atoms with E-state index in [1.54, 1.807) is 6.07 Å². The molecule has 3 N–H and O–H groups in total. The Hall–Kier alpha value is -2.88. The van der Waals surface area contributed by atoms with E-state index < -0.39 is 21.5 Å². The summed E-state index contributed by atoms with van der Waals surface area (Å²) in [5.74, 6) is -0.844. The number of benzene rings is 2. The average Bonchev–Trinajstić information content (AvgIpc) is 3.21. The first kappa shape index (κ1) is 30.6. The van der Waals surface area contributed by atoms with Gasteiger partial charge in [-0.05, 0) is 75.8 Å². The summed E-state index contributed by atoms with van der Waals surface area (Å²) < 4.78 is 31.5. The van der Waals surface area contributed by atoms with Crippen molar-refractivity contribution in [1.29, 1.82) is 0 Å². The molecule has 3 aromatic rings. The number of amides is 1. The van der Waals surface area contributed by atoms with Crippen molar-refractivity contribution in [3.05, 3.63) is 53.2 Å². The number of carboxylic acids is 1. The number of rotatable bonds is 9. The van der Waals surface area contributed by atoms with Gasteiger partial charge in [-0.25, -0.2) is 13.1 Å². The summed E-state index contributed by atoms with van der Waals surface area (Å²) in [6, 6.07) is 12.7. The molecule has 1 aromatic heterocycles. The molecule has 0 unspecified atom stereocenters. The van der Waals surface area contributed by atoms with Crippen LogP contribution in [0.4, 0.5) is 0 Å². The van der Waals surface area contributed by atoms with Crippen LogP contribution in [-0.4, -0.2) is 42.1 Å². The molecule has 0 atom stereocenters. The van der Waals surface area contributed by atoms with Crippen molar-refractivity contribution >= 4 is 44.3 Å². The molecular weight excluding hydrogens is 574 g/mol. The van der Waals surface area contributed by atoms with Crippen LogP contribution in [-0.2, 0) is 21.4 Å². The van der Waals surface area contributed by atoms with Crippen molar-refractivity contribution in [3.63, 3.8) is 0 Å². The summed E-state index contributed by atoms with van der Waals surface area (Å²) in [6.45, 7) is 6.50. The van der Waals surface area contributed by atoms with Gasteiger partial charge in [-0.3, -0.25) is 9.59 Å². The van der Waals surface area contributed by atoms with E-state index in [1.807, 2.05) is 61.7 Å². The number of nitrogens with one attached hydrogen (secondary N) is 2. The first-order valence-electron chi connectivity index (χ1n) is 14.8. The van der Waals surface area contributed by atoms with Gasteiger partial charge >= 0.3 is 5.97 Å². The molecule has 5 rings (SSSR count). The summed E-state index contributed by atoms with van der Waals surface area (Å²) in [5.41, 5.74) is 1.30. The predicted octanol–water partition coefficient (Wildman–Crippen LogP) is 6.46. The Morgan fingerprint density at radius 1 is 1.00 bits per heavy atom. The van der Waals surface area contributed by atoms with Crippen LogP contribution >= 0.6 is 11.6 Å². The molecule has 2 aliphatic carbocycles. The van der Waals surface area contributed by atoms with E-state index in [-0.39, 0.29) is 22.6 Å². The van der Waals surface area contributed by atoms with E-state index in [4.69, 9.17) is 16.7 Å². The number of nitrogens with zero attached hydrogens (tertiary/aromatic N) is 1. The van der Waals surface area contributed by atoms with Crippen LogP contribution < -0.4 is 10.0 Å². The molecule has 1 heterocycles. The summed E-state index contributed by atoms with van der Waals surface area (Å²) in [5, 5.41) is 13.8. The molecule has 226 valence electrons. The number of fused-ring (bicyclic) bond motifs is 1. The van der Waals surface area contributed by atoms with Gasteiger partial charge in [0.05, 0.1) is 22.1 Å². The molecule has 2 aliphatic rings. The Labute approximate surface area is 252 Å². The number of hydrogen-bond acceptors (Lipinski definition) is 4. The number of carbonyl (C=O) groups excluding carboxylic acids is 1. The largest absolute Gasteiger partial charge is 0.481 e. The van der Waals surface area contributed by atoms with Crippen LogP contribution in [0.15, 0.2) is 47.4 Å². The standard InChI is InChI=1S/C32H40ClN3O5S/c1-32(2,3)35-42(40,41)28-14-13-24(23-11-7-8-12-25(23)28)27-17-26(29(33)36(27)19-20-9-5-4-6-10-20)30(37)34-18-21-15-22(16-21)31(38)39/h7-8,11-14,17,20-22,35H,4-6,9-10,15-16,18-19H2,1-3H3,(H,34,37)(H,38,39). The monoisotopic (exact) mass is 613 g/mol. The lowest BCUT2D eigenvalue weighted by Crippen LogP contribution is -2.40. The summed E-state index contributed by atoms with van der Waals surface area (Å²) >= 11 is 6.97. The summed E-state index contributed by atoms with van der Waals surface area (Å²) in [4.78, 5) is 24.7. The molecule has 0 bridgehead atoms. The number of carbonyl (C=O) groups is 2. The van der Waals surface area contributed by atoms with Crippen molar-refractivity contribution in [2.75, 3.05) is 6.54 Å². The minimum Gasteiger partial charge on any atom is -0.481 e. The molecule has 2 saturated carbocycles. The first-order chi connectivity index (χ1) is 19.8. The fraction of sp³-hybridized carbons (Fsp3) is 0.500. The van der Waals surface area contributed by atoms with Crippen LogP contribution in [0.25, 0.3) is 22.0 Å². The molecule has 0 aliphatic heterocycles. The van der Waals surface area contributed by atoms with E-state index in [0.29, 0.717) is 48.0 Å². The van der Waals surface area contributed by atoms with Crippen molar-refractivity contribution in [2.24, 2.45) is 17.8 Å². The molecule has 2 aromatic carbocycles. The topological polar surface area (TPSA) is 118 Å². The van der Waals surface area contributed by atoms with Crippen molar-refractivity contribution < 1.29 is 23.1 Å². The molecule has 10 heteroatoms. The minimum atomic E-state index is -3.80. The highest BCUT2D eigenvalue weighted by Crippen LogP contribution is 2.39. The van der Waals surface area contributed by atoms with Crippen molar-refractivity contribution in [1.82, 2.24) is 14.6 Å². The Bertz CT molecular complexity index is 1600. The normalized spacial score (nSPS) is 19.9. The number of halogens is 1. The lowest BCUT2D eigenvalue weighted by molar-refractivity contribution is -0.146. The number of aromatic nitrogens is 1.